The molecule has 0 aliphatic carbocycles. The van der Waals surface area contributed by atoms with Crippen LogP contribution < -0.4 is 10.2 Å². The second kappa shape index (κ2) is 4.69. The van der Waals surface area contributed by atoms with Crippen molar-refractivity contribution in [1.29, 1.82) is 0 Å². The van der Waals surface area contributed by atoms with Crippen LogP contribution in [0.25, 0.3) is 0 Å². The van der Waals surface area contributed by atoms with Gasteiger partial charge in [-0.25, -0.2) is 0 Å². The number of benzene rings is 1. The Labute approximate surface area is 105 Å². The second-order valence-electron chi connectivity index (χ2n) is 5.48. The van der Waals surface area contributed by atoms with Crippen LogP contribution in [-0.4, -0.2) is 19.6 Å². The highest BCUT2D eigenvalue weighted by Crippen LogP contribution is 2.38. The number of rotatable bonds is 3. The van der Waals surface area contributed by atoms with E-state index >= 15 is 0 Å². The van der Waals surface area contributed by atoms with Gasteiger partial charge in [0.05, 0.1) is 0 Å². The van der Waals surface area contributed by atoms with E-state index in [1.165, 1.54) is 16.8 Å². The molecule has 1 aromatic rings. The van der Waals surface area contributed by atoms with Gasteiger partial charge >= 0.3 is 0 Å². The molecule has 0 amide bonds. The van der Waals surface area contributed by atoms with Gasteiger partial charge in [-0.05, 0) is 45.0 Å². The average molecular weight is 232 g/mol. The summed E-state index contributed by atoms with van der Waals surface area (Å²) in [4.78, 5) is 2.52. The molecule has 0 radical (unpaired) electrons. The molecule has 1 aromatic carbocycles. The number of anilines is 1. The van der Waals surface area contributed by atoms with Crippen LogP contribution in [0.1, 0.15) is 50.8 Å². The summed E-state index contributed by atoms with van der Waals surface area (Å²) in [5.41, 5.74) is 4.32. The van der Waals surface area contributed by atoms with Gasteiger partial charge in [0.1, 0.15) is 0 Å². The minimum atomic E-state index is 0.421. The van der Waals surface area contributed by atoms with Gasteiger partial charge in [0.2, 0.25) is 0 Å². The minimum Gasteiger partial charge on any atom is -0.368 e. The summed E-state index contributed by atoms with van der Waals surface area (Å²) in [5, 5.41) is 3.31. The summed E-state index contributed by atoms with van der Waals surface area (Å²) >= 11 is 0. The van der Waals surface area contributed by atoms with Crippen molar-refractivity contribution in [1.82, 2.24) is 5.32 Å². The Balaban J connectivity index is 2.39. The third-order valence-corrected chi connectivity index (χ3v) is 3.92. The summed E-state index contributed by atoms with van der Waals surface area (Å²) in [5.74, 6) is 0.659. The van der Waals surface area contributed by atoms with Crippen LogP contribution in [-0.2, 0) is 0 Å². The average Bonchev–Trinajstić information content (AvgIpc) is 2.65. The zero-order chi connectivity index (χ0) is 12.6. The highest BCUT2D eigenvalue weighted by Gasteiger charge is 2.27. The Kier molecular flexibility index (Phi) is 3.43. The molecule has 2 rings (SSSR count). The van der Waals surface area contributed by atoms with Gasteiger partial charge < -0.3 is 10.2 Å². The van der Waals surface area contributed by atoms with Crippen molar-refractivity contribution in [2.24, 2.45) is 0 Å². The molecule has 0 saturated heterocycles. The summed E-state index contributed by atoms with van der Waals surface area (Å²) < 4.78 is 0. The Bertz CT molecular complexity index is 398. The molecule has 0 aromatic heterocycles. The Morgan fingerprint density at radius 3 is 2.59 bits per heavy atom. The monoisotopic (exact) mass is 232 g/mol. The van der Waals surface area contributed by atoms with Crippen LogP contribution in [0.2, 0.25) is 0 Å². The SMILES string of the molecule is CNC(C)c1ccc2c(c1)N(C(C)C)CC2C. The van der Waals surface area contributed by atoms with Gasteiger partial charge in [-0.3, -0.25) is 0 Å². The zero-order valence-electron chi connectivity index (χ0n) is 11.6. The summed E-state index contributed by atoms with van der Waals surface area (Å²) in [6.07, 6.45) is 0. The lowest BCUT2D eigenvalue weighted by atomic mass is 9.99. The van der Waals surface area contributed by atoms with Gasteiger partial charge in [-0.1, -0.05) is 19.1 Å². The molecular weight excluding hydrogens is 208 g/mol. The van der Waals surface area contributed by atoms with E-state index in [2.05, 4.69) is 56.1 Å². The quantitative estimate of drug-likeness (QED) is 0.860. The second-order valence-corrected chi connectivity index (χ2v) is 5.48. The van der Waals surface area contributed by atoms with Gasteiger partial charge in [-0.2, -0.15) is 0 Å². The molecule has 2 heteroatoms. The molecule has 0 spiro atoms. The number of hydrogen-bond donors (Lipinski definition) is 1. The van der Waals surface area contributed by atoms with Crippen molar-refractivity contribution in [3.05, 3.63) is 29.3 Å². The Morgan fingerprint density at radius 1 is 1.29 bits per heavy atom. The third kappa shape index (κ3) is 2.19. The lowest BCUT2D eigenvalue weighted by Crippen LogP contribution is -2.29. The lowest BCUT2D eigenvalue weighted by molar-refractivity contribution is 0.650. The highest BCUT2D eigenvalue weighted by atomic mass is 15.2. The van der Waals surface area contributed by atoms with Crippen LogP contribution >= 0.6 is 0 Å². The largest absolute Gasteiger partial charge is 0.368 e. The zero-order valence-corrected chi connectivity index (χ0v) is 11.6. The molecule has 0 fully saturated rings. The van der Waals surface area contributed by atoms with E-state index in [9.17, 15) is 0 Å². The standard InChI is InChI=1S/C15H24N2/c1-10(2)17-9-11(3)14-7-6-13(8-15(14)17)12(4)16-5/h6-8,10-12,16H,9H2,1-5H3. The van der Waals surface area contributed by atoms with Gasteiger partial charge in [0, 0.05) is 30.2 Å². The van der Waals surface area contributed by atoms with Gasteiger partial charge in [-0.15, -0.1) is 0 Å². The van der Waals surface area contributed by atoms with E-state index in [0.29, 0.717) is 18.0 Å². The maximum Gasteiger partial charge on any atom is 0.0408 e. The Hall–Kier alpha value is -1.02. The molecule has 2 unspecified atom stereocenters. The van der Waals surface area contributed by atoms with Crippen molar-refractivity contribution in [3.8, 4) is 0 Å². The topological polar surface area (TPSA) is 15.3 Å². The van der Waals surface area contributed by atoms with Crippen LogP contribution in [0.5, 0.6) is 0 Å². The van der Waals surface area contributed by atoms with Crippen molar-refractivity contribution in [2.45, 2.75) is 45.7 Å². The molecule has 1 aliphatic rings. The van der Waals surface area contributed by atoms with Crippen LogP contribution in [0, 0.1) is 0 Å². The van der Waals surface area contributed by atoms with Crippen molar-refractivity contribution in [2.75, 3.05) is 18.5 Å². The van der Waals surface area contributed by atoms with E-state index in [4.69, 9.17) is 0 Å². The summed E-state index contributed by atoms with van der Waals surface area (Å²) in [6, 6.07) is 7.94. The first-order chi connectivity index (χ1) is 8.04. The van der Waals surface area contributed by atoms with Crippen molar-refractivity contribution < 1.29 is 0 Å². The lowest BCUT2D eigenvalue weighted by Gasteiger charge is -2.25. The molecular formula is C15H24N2. The summed E-state index contributed by atoms with van der Waals surface area (Å²) in [6.45, 7) is 10.2. The fraction of sp³-hybridized carbons (Fsp3) is 0.600. The van der Waals surface area contributed by atoms with Crippen molar-refractivity contribution >= 4 is 5.69 Å². The maximum atomic E-state index is 3.31. The van der Waals surface area contributed by atoms with E-state index in [1.54, 1.807) is 0 Å². The first-order valence-electron chi connectivity index (χ1n) is 6.62. The summed E-state index contributed by atoms with van der Waals surface area (Å²) in [7, 11) is 2.01. The smallest absolute Gasteiger partial charge is 0.0408 e. The first kappa shape index (κ1) is 12.4. The predicted molar refractivity (Wildman–Crippen MR) is 74.8 cm³/mol. The molecule has 17 heavy (non-hydrogen) atoms. The first-order valence-corrected chi connectivity index (χ1v) is 6.62. The Morgan fingerprint density at radius 2 is 2.00 bits per heavy atom. The van der Waals surface area contributed by atoms with Gasteiger partial charge in [0.15, 0.2) is 0 Å². The van der Waals surface area contributed by atoms with E-state index in [0.717, 1.165) is 6.54 Å². The highest BCUT2D eigenvalue weighted by molar-refractivity contribution is 5.62. The molecule has 0 saturated carbocycles. The number of fused-ring (bicyclic) bond motifs is 1. The molecule has 2 atom stereocenters. The molecule has 1 heterocycles. The fourth-order valence-electron chi connectivity index (χ4n) is 2.64. The molecule has 2 nitrogen and oxygen atoms in total. The normalized spacial score (nSPS) is 20.8. The van der Waals surface area contributed by atoms with E-state index < -0.39 is 0 Å². The maximum absolute atomic E-state index is 3.31. The van der Waals surface area contributed by atoms with Crippen LogP contribution in [0.15, 0.2) is 18.2 Å². The minimum absolute atomic E-state index is 0.421. The molecule has 0 bridgehead atoms. The van der Waals surface area contributed by atoms with E-state index in [1.807, 2.05) is 7.05 Å². The van der Waals surface area contributed by atoms with E-state index in [-0.39, 0.29) is 0 Å². The van der Waals surface area contributed by atoms with Gasteiger partial charge in [0.25, 0.3) is 0 Å². The van der Waals surface area contributed by atoms with Crippen LogP contribution in [0.4, 0.5) is 5.69 Å². The number of hydrogen-bond acceptors (Lipinski definition) is 2. The molecule has 94 valence electrons. The number of nitrogens with one attached hydrogen (secondary N) is 1. The predicted octanol–water partition coefficient (Wildman–Crippen LogP) is 3.30. The van der Waals surface area contributed by atoms with Crippen LogP contribution in [0.3, 0.4) is 0 Å². The third-order valence-electron chi connectivity index (χ3n) is 3.92. The number of nitrogens with zero attached hydrogens (tertiary/aromatic N) is 1. The molecule has 1 N–H and O–H groups in total. The van der Waals surface area contributed by atoms with Crippen molar-refractivity contribution in [3.63, 3.8) is 0 Å². The fourth-order valence-corrected chi connectivity index (χ4v) is 2.64. The molecule has 1 aliphatic heterocycles.